The molecule has 1 heterocycles. The summed E-state index contributed by atoms with van der Waals surface area (Å²) in [7, 11) is 4.08. The molecule has 4 rings (SSSR count). The van der Waals surface area contributed by atoms with Crippen LogP contribution in [-0.4, -0.2) is 30.8 Å². The van der Waals surface area contributed by atoms with Gasteiger partial charge in [0.1, 0.15) is 0 Å². The van der Waals surface area contributed by atoms with Crippen LogP contribution in [0.3, 0.4) is 0 Å². The third kappa shape index (κ3) is 6.44. The van der Waals surface area contributed by atoms with Crippen LogP contribution >= 0.6 is 11.3 Å². The Bertz CT molecular complexity index is 1310. The molecule has 0 unspecified atom stereocenters. The Morgan fingerprint density at radius 2 is 1.63 bits per heavy atom. The van der Waals surface area contributed by atoms with Crippen LogP contribution in [0, 0.1) is 6.92 Å². The fraction of sp³-hybridized carbons (Fsp3) is 0.172. The molecule has 0 aliphatic rings. The Morgan fingerprint density at radius 3 is 2.34 bits per heavy atom. The van der Waals surface area contributed by atoms with Crippen molar-refractivity contribution < 1.29 is 9.59 Å². The second-order valence-electron chi connectivity index (χ2n) is 8.81. The summed E-state index contributed by atoms with van der Waals surface area (Å²) in [6.07, 6.45) is 0. The molecule has 0 spiro atoms. The summed E-state index contributed by atoms with van der Waals surface area (Å²) in [5, 5.41) is 9.68. The third-order valence-electron chi connectivity index (χ3n) is 5.68. The highest BCUT2D eigenvalue weighted by Crippen LogP contribution is 2.27. The molecule has 0 radical (unpaired) electrons. The third-order valence-corrected chi connectivity index (χ3v) is 6.36. The zero-order chi connectivity index (χ0) is 24.8. The second-order valence-corrected chi connectivity index (χ2v) is 9.59. The number of anilines is 1. The van der Waals surface area contributed by atoms with Gasteiger partial charge in [0, 0.05) is 29.7 Å². The van der Waals surface area contributed by atoms with Crippen molar-refractivity contribution in [1.82, 2.24) is 10.2 Å². The average Bonchev–Trinajstić information content (AvgIpc) is 3.39. The first kappa shape index (κ1) is 24.4. The maximum absolute atomic E-state index is 12.7. The number of aryl methyl sites for hydroxylation is 1. The molecule has 6 heteroatoms. The number of hydrogen-bond acceptors (Lipinski definition) is 4. The topological polar surface area (TPSA) is 61.4 Å². The van der Waals surface area contributed by atoms with Gasteiger partial charge in [-0.3, -0.25) is 9.59 Å². The molecule has 5 nitrogen and oxygen atoms in total. The van der Waals surface area contributed by atoms with E-state index in [9.17, 15) is 9.59 Å². The van der Waals surface area contributed by atoms with Crippen molar-refractivity contribution >= 4 is 28.8 Å². The Balaban J connectivity index is 1.42. The van der Waals surface area contributed by atoms with Crippen molar-refractivity contribution in [1.29, 1.82) is 0 Å². The second kappa shape index (κ2) is 11.1. The fourth-order valence-electron chi connectivity index (χ4n) is 3.90. The number of benzene rings is 3. The summed E-state index contributed by atoms with van der Waals surface area (Å²) in [5.74, 6) is -0.233. The van der Waals surface area contributed by atoms with Gasteiger partial charge in [0.25, 0.3) is 11.8 Å². The first-order chi connectivity index (χ1) is 16.9. The molecule has 35 heavy (non-hydrogen) atoms. The van der Waals surface area contributed by atoms with E-state index < -0.39 is 0 Å². The molecule has 2 N–H and O–H groups in total. The van der Waals surface area contributed by atoms with Crippen molar-refractivity contribution in [3.63, 3.8) is 0 Å². The van der Waals surface area contributed by atoms with Crippen molar-refractivity contribution in [3.8, 4) is 11.1 Å². The number of carbonyl (C=O) groups is 2. The number of hydrogen-bond donors (Lipinski definition) is 2. The van der Waals surface area contributed by atoms with E-state index in [1.807, 2.05) is 86.4 Å². The summed E-state index contributed by atoms with van der Waals surface area (Å²) in [5.41, 5.74) is 7.38. The average molecular weight is 484 g/mol. The van der Waals surface area contributed by atoms with Crippen LogP contribution in [0.5, 0.6) is 0 Å². The fourth-order valence-corrected chi connectivity index (χ4v) is 4.53. The zero-order valence-electron chi connectivity index (χ0n) is 20.2. The van der Waals surface area contributed by atoms with Crippen molar-refractivity contribution in [2.24, 2.45) is 0 Å². The van der Waals surface area contributed by atoms with E-state index in [4.69, 9.17) is 0 Å². The number of nitrogens with one attached hydrogen (secondary N) is 2. The predicted octanol–water partition coefficient (Wildman–Crippen LogP) is 5.97. The van der Waals surface area contributed by atoms with E-state index >= 15 is 0 Å². The first-order valence-electron chi connectivity index (χ1n) is 11.4. The van der Waals surface area contributed by atoms with Crippen LogP contribution in [0.4, 0.5) is 5.69 Å². The van der Waals surface area contributed by atoms with E-state index in [2.05, 4.69) is 27.7 Å². The monoisotopic (exact) mass is 483 g/mol. The minimum Gasteiger partial charge on any atom is -0.348 e. The molecular weight excluding hydrogens is 454 g/mol. The van der Waals surface area contributed by atoms with Crippen LogP contribution in [0.2, 0.25) is 0 Å². The SMILES string of the molecule is Cc1ccc(NC(=O)c2ccsc2)cc1-c1ccc(C(=O)NCc2cccc(CN(C)C)c2)cc1. The standard InChI is InChI=1S/C29H29N3O2S/c1-20-7-12-26(31-29(34)25-13-14-35-19-25)16-27(20)23-8-10-24(11-9-23)28(33)30-17-21-5-4-6-22(15-21)18-32(2)3/h4-16,19H,17-18H2,1-3H3,(H,30,33)(H,31,34). The molecule has 2 amide bonds. The molecule has 3 aromatic carbocycles. The van der Waals surface area contributed by atoms with Gasteiger partial charge in [-0.2, -0.15) is 11.3 Å². The van der Waals surface area contributed by atoms with Gasteiger partial charge in [-0.15, -0.1) is 0 Å². The highest BCUT2D eigenvalue weighted by atomic mass is 32.1. The summed E-state index contributed by atoms with van der Waals surface area (Å²) in [6.45, 7) is 3.37. The number of thiophene rings is 1. The maximum Gasteiger partial charge on any atom is 0.256 e. The molecule has 0 saturated heterocycles. The normalized spacial score (nSPS) is 10.9. The first-order valence-corrected chi connectivity index (χ1v) is 12.4. The molecule has 0 aliphatic heterocycles. The van der Waals surface area contributed by atoms with Gasteiger partial charge in [-0.1, -0.05) is 42.5 Å². The van der Waals surface area contributed by atoms with E-state index in [0.29, 0.717) is 17.7 Å². The summed E-state index contributed by atoms with van der Waals surface area (Å²) in [6, 6.07) is 23.5. The van der Waals surface area contributed by atoms with Crippen LogP contribution in [0.25, 0.3) is 11.1 Å². The molecule has 0 aliphatic carbocycles. The van der Waals surface area contributed by atoms with Crippen LogP contribution in [0.15, 0.2) is 83.6 Å². The smallest absolute Gasteiger partial charge is 0.256 e. The van der Waals surface area contributed by atoms with E-state index in [1.54, 1.807) is 6.07 Å². The molecule has 178 valence electrons. The molecule has 4 aromatic rings. The number of amides is 2. The number of rotatable bonds is 8. The minimum atomic E-state index is -0.125. The molecule has 0 atom stereocenters. The lowest BCUT2D eigenvalue weighted by Crippen LogP contribution is -2.22. The molecule has 1 aromatic heterocycles. The molecule has 0 saturated carbocycles. The predicted molar refractivity (Wildman–Crippen MR) is 144 cm³/mol. The van der Waals surface area contributed by atoms with Gasteiger partial charge in [0.05, 0.1) is 5.56 Å². The summed E-state index contributed by atoms with van der Waals surface area (Å²) < 4.78 is 0. The van der Waals surface area contributed by atoms with Crippen LogP contribution < -0.4 is 10.6 Å². The summed E-state index contributed by atoms with van der Waals surface area (Å²) in [4.78, 5) is 27.2. The van der Waals surface area contributed by atoms with Gasteiger partial charge < -0.3 is 15.5 Å². The van der Waals surface area contributed by atoms with Gasteiger partial charge in [0.15, 0.2) is 0 Å². The van der Waals surface area contributed by atoms with Gasteiger partial charge in [-0.05, 0) is 84.5 Å². The largest absolute Gasteiger partial charge is 0.348 e. The Kier molecular flexibility index (Phi) is 7.75. The molecule has 0 fully saturated rings. The quantitative estimate of drug-likeness (QED) is 0.325. The lowest BCUT2D eigenvalue weighted by molar-refractivity contribution is 0.0950. The Morgan fingerprint density at radius 1 is 0.857 bits per heavy atom. The number of nitrogens with zero attached hydrogens (tertiary/aromatic N) is 1. The van der Waals surface area contributed by atoms with Gasteiger partial charge >= 0.3 is 0 Å². The van der Waals surface area contributed by atoms with E-state index in [1.165, 1.54) is 16.9 Å². The van der Waals surface area contributed by atoms with Gasteiger partial charge in [-0.25, -0.2) is 0 Å². The van der Waals surface area contributed by atoms with Crippen molar-refractivity contribution in [3.05, 3.63) is 111 Å². The molecule has 0 bridgehead atoms. The van der Waals surface area contributed by atoms with E-state index in [0.717, 1.165) is 34.5 Å². The highest BCUT2D eigenvalue weighted by Gasteiger charge is 2.11. The number of carbonyl (C=O) groups excluding carboxylic acids is 2. The lowest BCUT2D eigenvalue weighted by Gasteiger charge is -2.12. The van der Waals surface area contributed by atoms with E-state index in [-0.39, 0.29) is 11.8 Å². The van der Waals surface area contributed by atoms with Crippen LogP contribution in [0.1, 0.15) is 37.4 Å². The lowest BCUT2D eigenvalue weighted by atomic mass is 9.98. The van der Waals surface area contributed by atoms with Crippen molar-refractivity contribution in [2.45, 2.75) is 20.0 Å². The van der Waals surface area contributed by atoms with Crippen molar-refractivity contribution in [2.75, 3.05) is 19.4 Å². The molecular formula is C29H29N3O2S. The Labute approximate surface area is 210 Å². The minimum absolute atomic E-state index is 0.108. The highest BCUT2D eigenvalue weighted by molar-refractivity contribution is 7.08. The van der Waals surface area contributed by atoms with Gasteiger partial charge in [0.2, 0.25) is 0 Å². The summed E-state index contributed by atoms with van der Waals surface area (Å²) >= 11 is 1.49. The zero-order valence-corrected chi connectivity index (χ0v) is 21.0. The maximum atomic E-state index is 12.7. The van der Waals surface area contributed by atoms with Crippen LogP contribution in [-0.2, 0) is 13.1 Å². The Hall–Kier alpha value is -3.74.